The van der Waals surface area contributed by atoms with Gasteiger partial charge >= 0.3 is 5.97 Å². The average Bonchev–Trinajstić information content (AvgIpc) is 2.70. The van der Waals surface area contributed by atoms with Crippen LogP contribution in [0.25, 0.3) is 0 Å². The molecule has 0 aliphatic heterocycles. The number of rotatable bonds is 5. The van der Waals surface area contributed by atoms with Crippen molar-refractivity contribution in [1.29, 1.82) is 0 Å². The highest BCUT2D eigenvalue weighted by molar-refractivity contribution is 14.1. The van der Waals surface area contributed by atoms with Crippen LogP contribution in [-0.2, 0) is 0 Å². The number of nitrogens with one attached hydrogen (secondary N) is 1. The van der Waals surface area contributed by atoms with Crippen LogP contribution in [0.15, 0.2) is 77.9 Å². The summed E-state index contributed by atoms with van der Waals surface area (Å²) in [7, 11) is 0. The molecule has 3 rings (SSSR count). The molecule has 3 aromatic rings. The fourth-order valence-corrected chi connectivity index (χ4v) is 3.09. The average molecular weight is 484 g/mol. The number of amides is 1. The predicted octanol–water partition coefficient (Wildman–Crippen LogP) is 4.58. The second kappa shape index (κ2) is 9.27. The molecule has 1 N–H and O–H groups in total. The smallest absolute Gasteiger partial charge is 0.343 e. The number of ether oxygens (including phenoxy) is 1. The third-order valence-corrected chi connectivity index (χ3v) is 4.89. The van der Waals surface area contributed by atoms with E-state index in [1.54, 1.807) is 48.5 Å². The van der Waals surface area contributed by atoms with Gasteiger partial charge in [-0.2, -0.15) is 5.10 Å². The van der Waals surface area contributed by atoms with Crippen LogP contribution >= 0.6 is 22.6 Å². The van der Waals surface area contributed by atoms with E-state index >= 15 is 0 Å². The number of hydrogen-bond acceptors (Lipinski definition) is 4. The first kappa shape index (κ1) is 19.8. The second-order valence-corrected chi connectivity index (χ2v) is 7.11. The topological polar surface area (TPSA) is 67.8 Å². The van der Waals surface area contributed by atoms with E-state index in [9.17, 15) is 9.59 Å². The quantitative estimate of drug-likeness (QED) is 0.190. The maximum Gasteiger partial charge on any atom is 0.343 e. The van der Waals surface area contributed by atoms with Gasteiger partial charge < -0.3 is 4.74 Å². The van der Waals surface area contributed by atoms with Crippen molar-refractivity contribution in [2.75, 3.05) is 0 Å². The van der Waals surface area contributed by atoms with Crippen molar-refractivity contribution in [2.45, 2.75) is 6.92 Å². The molecule has 0 aliphatic rings. The molecule has 28 heavy (non-hydrogen) atoms. The molecule has 0 bridgehead atoms. The Hall–Kier alpha value is -3.00. The number of hydrazone groups is 1. The van der Waals surface area contributed by atoms with Crippen molar-refractivity contribution in [2.24, 2.45) is 5.10 Å². The van der Waals surface area contributed by atoms with Crippen LogP contribution in [0, 0.1) is 10.5 Å². The molecule has 0 unspecified atom stereocenters. The summed E-state index contributed by atoms with van der Waals surface area (Å²) < 4.78 is 6.25. The highest BCUT2D eigenvalue weighted by Gasteiger charge is 2.11. The molecule has 0 saturated heterocycles. The Balaban J connectivity index is 1.59. The minimum Gasteiger partial charge on any atom is -0.423 e. The number of halogens is 1. The summed E-state index contributed by atoms with van der Waals surface area (Å²) in [5.41, 5.74) is 5.23. The van der Waals surface area contributed by atoms with Gasteiger partial charge in [0.1, 0.15) is 5.75 Å². The first-order chi connectivity index (χ1) is 13.5. The van der Waals surface area contributed by atoms with Gasteiger partial charge in [0.2, 0.25) is 0 Å². The van der Waals surface area contributed by atoms with Crippen molar-refractivity contribution < 1.29 is 14.3 Å². The Labute approximate surface area is 176 Å². The van der Waals surface area contributed by atoms with Crippen molar-refractivity contribution in [3.63, 3.8) is 0 Å². The number of benzene rings is 3. The molecule has 0 heterocycles. The standard InChI is InChI=1S/C22H17IN2O3/c1-15-6-2-3-7-18(15)22(27)28-17-12-10-16(11-13-17)14-24-25-21(26)19-8-4-5-9-20(19)23/h2-14H,1H3,(H,25,26)/b24-14+. The maximum absolute atomic E-state index is 12.2. The van der Waals surface area contributed by atoms with Crippen molar-refractivity contribution in [3.8, 4) is 5.75 Å². The van der Waals surface area contributed by atoms with Crippen LogP contribution in [-0.4, -0.2) is 18.1 Å². The summed E-state index contributed by atoms with van der Waals surface area (Å²) in [5, 5.41) is 3.97. The van der Waals surface area contributed by atoms with E-state index in [-0.39, 0.29) is 5.91 Å². The summed E-state index contributed by atoms with van der Waals surface area (Å²) >= 11 is 2.10. The lowest BCUT2D eigenvalue weighted by Crippen LogP contribution is -2.18. The van der Waals surface area contributed by atoms with E-state index in [2.05, 4.69) is 33.1 Å². The Morgan fingerprint density at radius 3 is 2.25 bits per heavy atom. The van der Waals surface area contributed by atoms with Gasteiger partial charge in [0.05, 0.1) is 17.3 Å². The summed E-state index contributed by atoms with van der Waals surface area (Å²) in [6, 6.07) is 21.4. The molecule has 5 nitrogen and oxygen atoms in total. The van der Waals surface area contributed by atoms with Crippen molar-refractivity contribution in [3.05, 3.63) is 98.6 Å². The highest BCUT2D eigenvalue weighted by Crippen LogP contribution is 2.15. The minimum atomic E-state index is -0.399. The molecule has 0 fully saturated rings. The number of carbonyl (C=O) groups excluding carboxylic acids is 2. The molecular formula is C22H17IN2O3. The molecule has 0 radical (unpaired) electrons. The zero-order chi connectivity index (χ0) is 19.9. The van der Waals surface area contributed by atoms with Crippen LogP contribution in [0.3, 0.4) is 0 Å². The molecule has 0 aromatic heterocycles. The molecular weight excluding hydrogens is 467 g/mol. The largest absolute Gasteiger partial charge is 0.423 e. The number of carbonyl (C=O) groups is 2. The second-order valence-electron chi connectivity index (χ2n) is 5.95. The van der Waals surface area contributed by atoms with E-state index in [1.807, 2.05) is 31.2 Å². The number of aryl methyl sites for hydroxylation is 1. The van der Waals surface area contributed by atoms with Crippen LogP contribution in [0.2, 0.25) is 0 Å². The van der Waals surface area contributed by atoms with Crippen LogP contribution in [0.4, 0.5) is 0 Å². The molecule has 140 valence electrons. The maximum atomic E-state index is 12.2. The Kier molecular flexibility index (Phi) is 6.54. The first-order valence-corrected chi connectivity index (χ1v) is 9.58. The van der Waals surface area contributed by atoms with E-state index in [4.69, 9.17) is 4.74 Å². The van der Waals surface area contributed by atoms with E-state index in [0.717, 1.165) is 14.7 Å². The first-order valence-electron chi connectivity index (χ1n) is 8.50. The van der Waals surface area contributed by atoms with E-state index < -0.39 is 5.97 Å². The summed E-state index contributed by atoms with van der Waals surface area (Å²) in [6.07, 6.45) is 1.53. The van der Waals surface area contributed by atoms with Crippen LogP contribution < -0.4 is 10.2 Å². The number of esters is 1. The van der Waals surface area contributed by atoms with Gasteiger partial charge in [-0.05, 0) is 83.1 Å². The van der Waals surface area contributed by atoms with E-state index in [1.165, 1.54) is 6.21 Å². The van der Waals surface area contributed by atoms with E-state index in [0.29, 0.717) is 16.9 Å². The van der Waals surface area contributed by atoms with Gasteiger partial charge in [-0.25, -0.2) is 10.2 Å². The molecule has 6 heteroatoms. The normalized spacial score (nSPS) is 10.6. The Morgan fingerprint density at radius 1 is 0.929 bits per heavy atom. The molecule has 0 saturated carbocycles. The van der Waals surface area contributed by atoms with Crippen molar-refractivity contribution in [1.82, 2.24) is 5.43 Å². The van der Waals surface area contributed by atoms with Gasteiger partial charge in [0.25, 0.3) is 5.91 Å². The molecule has 0 aliphatic carbocycles. The van der Waals surface area contributed by atoms with Gasteiger partial charge in [-0.1, -0.05) is 30.3 Å². The molecule has 0 spiro atoms. The zero-order valence-corrected chi connectivity index (χ0v) is 17.2. The number of nitrogens with zero attached hydrogens (tertiary/aromatic N) is 1. The van der Waals surface area contributed by atoms with Gasteiger partial charge in [-0.15, -0.1) is 0 Å². The number of hydrogen-bond donors (Lipinski definition) is 1. The Morgan fingerprint density at radius 2 is 1.57 bits per heavy atom. The summed E-state index contributed by atoms with van der Waals surface area (Å²) in [6.45, 7) is 1.86. The lowest BCUT2D eigenvalue weighted by Gasteiger charge is -2.06. The highest BCUT2D eigenvalue weighted by atomic mass is 127. The van der Waals surface area contributed by atoms with Gasteiger partial charge in [-0.3, -0.25) is 4.79 Å². The lowest BCUT2D eigenvalue weighted by atomic mass is 10.1. The van der Waals surface area contributed by atoms with Crippen molar-refractivity contribution >= 4 is 40.7 Å². The van der Waals surface area contributed by atoms with Gasteiger partial charge in [0, 0.05) is 3.57 Å². The molecule has 0 atom stereocenters. The minimum absolute atomic E-state index is 0.273. The fraction of sp³-hybridized carbons (Fsp3) is 0.0455. The van der Waals surface area contributed by atoms with Crippen LogP contribution in [0.1, 0.15) is 31.8 Å². The predicted molar refractivity (Wildman–Crippen MR) is 117 cm³/mol. The molecule has 3 aromatic carbocycles. The SMILES string of the molecule is Cc1ccccc1C(=O)Oc1ccc(/C=N/NC(=O)c2ccccc2I)cc1. The zero-order valence-electron chi connectivity index (χ0n) is 15.1. The van der Waals surface area contributed by atoms with Gasteiger partial charge in [0.15, 0.2) is 0 Å². The molecule has 1 amide bonds. The monoisotopic (exact) mass is 484 g/mol. The Bertz CT molecular complexity index is 1030. The van der Waals surface area contributed by atoms with Crippen LogP contribution in [0.5, 0.6) is 5.75 Å². The summed E-state index contributed by atoms with van der Waals surface area (Å²) in [5.74, 6) is -0.234. The fourth-order valence-electron chi connectivity index (χ4n) is 2.46. The third-order valence-electron chi connectivity index (χ3n) is 3.95. The third kappa shape index (κ3) is 5.04. The summed E-state index contributed by atoms with van der Waals surface area (Å²) in [4.78, 5) is 24.3. The lowest BCUT2D eigenvalue weighted by molar-refractivity contribution is 0.0733.